The highest BCUT2D eigenvalue weighted by atomic mass is 32.2. The molecule has 0 aliphatic heterocycles. The van der Waals surface area contributed by atoms with E-state index in [0.717, 1.165) is 41.7 Å². The lowest BCUT2D eigenvalue weighted by atomic mass is 9.85. The number of imidazole rings is 1. The van der Waals surface area contributed by atoms with Crippen molar-refractivity contribution in [1.29, 1.82) is 0 Å². The maximum absolute atomic E-state index is 13.0. The van der Waals surface area contributed by atoms with Gasteiger partial charge in [0.05, 0.1) is 5.75 Å². The number of fused-ring (bicyclic) bond motifs is 3. The van der Waals surface area contributed by atoms with E-state index in [1.807, 2.05) is 25.3 Å². The Morgan fingerprint density at radius 3 is 2.62 bits per heavy atom. The number of hydrogen-bond donors (Lipinski definition) is 2. The predicted molar refractivity (Wildman–Crippen MR) is 111 cm³/mol. The molecule has 2 heterocycles. The minimum absolute atomic E-state index is 0.0289. The smallest absolute Gasteiger partial charge is 0.266 e. The molecule has 29 heavy (non-hydrogen) atoms. The SMILES string of the molecule is Cc1nccn1CC1CCc2c(c3ccccc3n2C)C1=O.NCCS(=O)(=O)O. The van der Waals surface area contributed by atoms with Crippen molar-refractivity contribution in [3.8, 4) is 0 Å². The van der Waals surface area contributed by atoms with Crippen LogP contribution in [0.25, 0.3) is 10.9 Å². The highest BCUT2D eigenvalue weighted by Gasteiger charge is 2.32. The van der Waals surface area contributed by atoms with E-state index in [0.29, 0.717) is 0 Å². The van der Waals surface area contributed by atoms with E-state index >= 15 is 0 Å². The number of carbonyl (C=O) groups excluding carboxylic acids is 1. The maximum Gasteiger partial charge on any atom is 0.266 e. The van der Waals surface area contributed by atoms with Crippen LogP contribution in [0.5, 0.6) is 0 Å². The number of aromatic nitrogens is 3. The Morgan fingerprint density at radius 1 is 1.31 bits per heavy atom. The fourth-order valence-corrected chi connectivity index (χ4v) is 4.11. The van der Waals surface area contributed by atoms with Crippen molar-refractivity contribution < 1.29 is 17.8 Å². The third-order valence-corrected chi connectivity index (χ3v) is 6.04. The lowest BCUT2D eigenvalue weighted by Gasteiger charge is -2.23. The Balaban J connectivity index is 0.000000298. The molecule has 9 heteroatoms. The van der Waals surface area contributed by atoms with Crippen LogP contribution in [0.2, 0.25) is 0 Å². The van der Waals surface area contributed by atoms with Crippen LogP contribution in [0.1, 0.15) is 28.3 Å². The van der Waals surface area contributed by atoms with Gasteiger partial charge in [-0.05, 0) is 25.8 Å². The number of rotatable bonds is 4. The molecule has 0 fully saturated rings. The number of benzene rings is 1. The fourth-order valence-electron chi connectivity index (χ4n) is 3.82. The molecule has 4 rings (SSSR count). The van der Waals surface area contributed by atoms with Gasteiger partial charge in [0.25, 0.3) is 10.1 Å². The van der Waals surface area contributed by atoms with Crippen LogP contribution < -0.4 is 5.73 Å². The molecule has 2 aromatic heterocycles. The number of hydrogen-bond acceptors (Lipinski definition) is 5. The summed E-state index contributed by atoms with van der Waals surface area (Å²) in [5.41, 5.74) is 8.05. The van der Waals surface area contributed by atoms with Gasteiger partial charge in [0, 0.05) is 60.6 Å². The maximum atomic E-state index is 13.0. The van der Waals surface area contributed by atoms with Gasteiger partial charge in [0.15, 0.2) is 5.78 Å². The van der Waals surface area contributed by atoms with E-state index in [4.69, 9.17) is 10.3 Å². The zero-order chi connectivity index (χ0) is 21.2. The Labute approximate surface area is 170 Å². The van der Waals surface area contributed by atoms with Gasteiger partial charge in [0.2, 0.25) is 0 Å². The summed E-state index contributed by atoms with van der Waals surface area (Å²) in [6.07, 6.45) is 5.63. The van der Waals surface area contributed by atoms with Gasteiger partial charge in [-0.15, -0.1) is 0 Å². The van der Waals surface area contributed by atoms with Crippen molar-refractivity contribution in [2.75, 3.05) is 12.3 Å². The number of carbonyl (C=O) groups is 1. The summed E-state index contributed by atoms with van der Waals surface area (Å²) in [4.78, 5) is 17.3. The summed E-state index contributed by atoms with van der Waals surface area (Å²) < 4.78 is 31.6. The second-order valence-corrected chi connectivity index (χ2v) is 8.77. The minimum atomic E-state index is -3.80. The third-order valence-electron chi connectivity index (χ3n) is 5.29. The molecule has 0 saturated heterocycles. The highest BCUT2D eigenvalue weighted by molar-refractivity contribution is 7.85. The number of nitrogens with two attached hydrogens (primary N) is 1. The molecule has 0 saturated carbocycles. The summed E-state index contributed by atoms with van der Waals surface area (Å²) >= 11 is 0. The molecule has 1 unspecified atom stereocenters. The average Bonchev–Trinajstić information content (AvgIpc) is 3.19. The number of Topliss-reactive ketones (excluding diaryl/α,β-unsaturated/α-hetero) is 1. The van der Waals surface area contributed by atoms with E-state index < -0.39 is 10.1 Å². The molecule has 3 N–H and O–H groups in total. The predicted octanol–water partition coefficient (Wildman–Crippen LogP) is 1.96. The molecular formula is C20H26N4O4S. The van der Waals surface area contributed by atoms with Crippen molar-refractivity contribution >= 4 is 26.8 Å². The zero-order valence-electron chi connectivity index (χ0n) is 16.6. The van der Waals surface area contributed by atoms with E-state index in [1.54, 1.807) is 6.20 Å². The Kier molecular flexibility index (Phi) is 6.21. The first kappa shape index (κ1) is 21.2. The molecule has 8 nitrogen and oxygen atoms in total. The standard InChI is InChI=1S/C18H19N3O.C2H7NO3S/c1-12-19-9-10-21(12)11-13-7-8-16-17(18(13)22)14-5-3-4-6-15(14)20(16)2;3-1-2-7(4,5)6/h3-6,9-10,13H,7-8,11H2,1-2H3;1-3H2,(H,4,5,6). The van der Waals surface area contributed by atoms with Gasteiger partial charge >= 0.3 is 0 Å². The molecule has 156 valence electrons. The first-order valence-corrected chi connectivity index (χ1v) is 11.1. The molecule has 0 amide bonds. The van der Waals surface area contributed by atoms with Gasteiger partial charge in [-0.25, -0.2) is 4.98 Å². The molecule has 1 aliphatic rings. The van der Waals surface area contributed by atoms with Crippen LogP contribution in [0.15, 0.2) is 36.7 Å². The summed E-state index contributed by atoms with van der Waals surface area (Å²) in [6, 6.07) is 8.21. The molecule has 1 aromatic carbocycles. The Bertz CT molecular complexity index is 1130. The van der Waals surface area contributed by atoms with Crippen LogP contribution in [0, 0.1) is 12.8 Å². The van der Waals surface area contributed by atoms with Crippen LogP contribution in [0.4, 0.5) is 0 Å². The molecule has 1 atom stereocenters. The molecule has 0 radical (unpaired) electrons. The van der Waals surface area contributed by atoms with E-state index in [1.165, 1.54) is 5.69 Å². The number of para-hydroxylation sites is 1. The summed E-state index contributed by atoms with van der Waals surface area (Å²) in [6.45, 7) is 2.68. The lowest BCUT2D eigenvalue weighted by Crippen LogP contribution is -2.27. The fraction of sp³-hybridized carbons (Fsp3) is 0.400. The second kappa shape index (κ2) is 8.48. The molecule has 1 aliphatic carbocycles. The second-order valence-electron chi connectivity index (χ2n) is 7.20. The Hall–Kier alpha value is -2.49. The highest BCUT2D eigenvalue weighted by Crippen LogP contribution is 2.34. The van der Waals surface area contributed by atoms with E-state index in [-0.39, 0.29) is 24.0 Å². The Morgan fingerprint density at radius 2 is 2.03 bits per heavy atom. The number of nitrogens with zero attached hydrogens (tertiary/aromatic N) is 3. The van der Waals surface area contributed by atoms with Crippen LogP contribution in [-0.4, -0.2) is 45.2 Å². The third kappa shape index (κ3) is 4.58. The number of ketones is 1. The van der Waals surface area contributed by atoms with Gasteiger partial charge in [-0.3, -0.25) is 9.35 Å². The molecule has 3 aromatic rings. The van der Waals surface area contributed by atoms with Gasteiger partial charge in [0.1, 0.15) is 5.82 Å². The van der Waals surface area contributed by atoms with Gasteiger partial charge in [-0.1, -0.05) is 18.2 Å². The molecule has 0 bridgehead atoms. The van der Waals surface area contributed by atoms with E-state index in [2.05, 4.69) is 33.3 Å². The molecular weight excluding hydrogens is 392 g/mol. The first-order chi connectivity index (χ1) is 13.7. The first-order valence-electron chi connectivity index (χ1n) is 9.46. The van der Waals surface area contributed by atoms with Crippen LogP contribution in [-0.2, 0) is 30.1 Å². The largest absolute Gasteiger partial charge is 0.347 e. The number of aryl methyl sites for hydroxylation is 2. The van der Waals surface area contributed by atoms with Crippen molar-refractivity contribution in [2.45, 2.75) is 26.3 Å². The summed E-state index contributed by atoms with van der Waals surface area (Å²) in [5.74, 6) is 0.946. The van der Waals surface area contributed by atoms with Crippen molar-refractivity contribution in [3.05, 3.63) is 53.7 Å². The topological polar surface area (TPSA) is 120 Å². The summed E-state index contributed by atoms with van der Waals surface area (Å²) in [5, 5.41) is 1.09. The van der Waals surface area contributed by atoms with Crippen molar-refractivity contribution in [1.82, 2.24) is 14.1 Å². The van der Waals surface area contributed by atoms with Crippen molar-refractivity contribution in [2.24, 2.45) is 18.7 Å². The van der Waals surface area contributed by atoms with Gasteiger partial charge in [-0.2, -0.15) is 8.42 Å². The van der Waals surface area contributed by atoms with Crippen LogP contribution >= 0.6 is 0 Å². The van der Waals surface area contributed by atoms with Crippen molar-refractivity contribution in [3.63, 3.8) is 0 Å². The average molecular weight is 419 g/mol. The van der Waals surface area contributed by atoms with E-state index in [9.17, 15) is 13.2 Å². The monoisotopic (exact) mass is 418 g/mol. The normalized spacial score (nSPS) is 16.4. The quantitative estimate of drug-likeness (QED) is 0.625. The zero-order valence-corrected chi connectivity index (χ0v) is 17.4. The lowest BCUT2D eigenvalue weighted by molar-refractivity contribution is 0.0888. The summed E-state index contributed by atoms with van der Waals surface area (Å²) in [7, 11) is -1.73. The van der Waals surface area contributed by atoms with Gasteiger partial charge < -0.3 is 14.9 Å². The molecule has 0 spiro atoms. The van der Waals surface area contributed by atoms with Crippen LogP contribution in [0.3, 0.4) is 0 Å². The minimum Gasteiger partial charge on any atom is -0.347 e.